The van der Waals surface area contributed by atoms with Crippen molar-refractivity contribution >= 4 is 25.8 Å². The third-order valence-corrected chi connectivity index (χ3v) is 5.45. The number of ether oxygens (including phenoxy) is 1. The van der Waals surface area contributed by atoms with E-state index in [4.69, 9.17) is 10.6 Å². The van der Waals surface area contributed by atoms with Crippen molar-refractivity contribution in [2.75, 3.05) is 12.0 Å². The van der Waals surface area contributed by atoms with Gasteiger partial charge in [0.1, 0.15) is 24.3 Å². The molecule has 1 aliphatic rings. The highest BCUT2D eigenvalue weighted by Crippen LogP contribution is 2.43. The lowest BCUT2D eigenvalue weighted by Crippen LogP contribution is -2.18. The number of hydrazine groups is 1. The number of alkyl halides is 1. The van der Waals surface area contributed by atoms with E-state index < -0.39 is 5.91 Å². The summed E-state index contributed by atoms with van der Waals surface area (Å²) in [5.74, 6) is 4.97. The number of nitrogens with one attached hydrogen (secondary N) is 1. The maximum absolute atomic E-state index is 13.2. The predicted molar refractivity (Wildman–Crippen MR) is 113 cm³/mol. The van der Waals surface area contributed by atoms with Crippen LogP contribution in [0.3, 0.4) is 0 Å². The van der Waals surface area contributed by atoms with Crippen molar-refractivity contribution in [2.24, 2.45) is 5.84 Å². The lowest BCUT2D eigenvalue weighted by Gasteiger charge is -2.30. The van der Waals surface area contributed by atoms with Crippen LogP contribution in [0.25, 0.3) is 22.2 Å². The minimum absolute atomic E-state index is 0.0220. The van der Waals surface area contributed by atoms with Gasteiger partial charge in [0.25, 0.3) is 0 Å². The van der Waals surface area contributed by atoms with Crippen LogP contribution in [-0.2, 0) is 0 Å². The van der Waals surface area contributed by atoms with E-state index in [9.17, 15) is 9.65 Å². The first kappa shape index (κ1) is 18.7. The first-order chi connectivity index (χ1) is 13.6. The zero-order chi connectivity index (χ0) is 19.7. The van der Waals surface area contributed by atoms with Crippen LogP contribution in [0.5, 0.6) is 5.75 Å². The molecular weight excluding hydrogens is 374 g/mol. The van der Waals surface area contributed by atoms with E-state index in [1.54, 1.807) is 6.07 Å². The fourth-order valence-electron chi connectivity index (χ4n) is 3.70. The number of aromatic nitrogens is 1. The molecule has 144 valence electrons. The van der Waals surface area contributed by atoms with E-state index in [0.717, 1.165) is 40.7 Å². The van der Waals surface area contributed by atoms with Gasteiger partial charge in [-0.25, -0.2) is 4.39 Å². The van der Waals surface area contributed by atoms with Gasteiger partial charge in [0.15, 0.2) is 0 Å². The molecule has 1 aliphatic carbocycles. The van der Waals surface area contributed by atoms with Gasteiger partial charge in [-0.1, -0.05) is 21.4 Å². The lowest BCUT2D eigenvalue weighted by molar-refractivity contribution is 0.253. The van der Waals surface area contributed by atoms with Gasteiger partial charge in [-0.2, -0.15) is 5.26 Å². The Kier molecular flexibility index (Phi) is 5.21. The summed E-state index contributed by atoms with van der Waals surface area (Å²) in [5.41, 5.74) is 6.92. The highest BCUT2D eigenvalue weighted by atomic mass is 31.0. The number of hydrogen-bond donors (Lipinski definition) is 2. The molecule has 0 spiro atoms. The number of hydrogen-bond acceptors (Lipinski definition) is 4. The van der Waals surface area contributed by atoms with Crippen LogP contribution < -0.4 is 16.0 Å². The molecule has 1 heterocycles. The molecule has 3 aromatic rings. The fourth-order valence-corrected chi connectivity index (χ4v) is 3.80. The molecule has 1 aromatic heterocycles. The van der Waals surface area contributed by atoms with Crippen molar-refractivity contribution < 1.29 is 9.13 Å². The molecule has 1 saturated carbocycles. The number of nitriles is 1. The molecule has 4 rings (SSSR count). The number of benzene rings is 2. The van der Waals surface area contributed by atoms with Gasteiger partial charge in [-0.15, -0.1) is 0 Å². The van der Waals surface area contributed by atoms with Crippen LogP contribution in [0.1, 0.15) is 30.9 Å². The average molecular weight is 396 g/mol. The van der Waals surface area contributed by atoms with Crippen LogP contribution >= 0.6 is 9.24 Å². The highest BCUT2D eigenvalue weighted by Gasteiger charge is 2.28. The fraction of sp³-hybridized carbons (Fsp3) is 0.286. The predicted octanol–water partition coefficient (Wildman–Crippen LogP) is 4.74. The Morgan fingerprint density at radius 1 is 1.29 bits per heavy atom. The summed E-state index contributed by atoms with van der Waals surface area (Å²) in [5, 5.41) is 10.8. The molecule has 2 atom stereocenters. The molecule has 7 heteroatoms. The van der Waals surface area contributed by atoms with Gasteiger partial charge in [-0.3, -0.25) is 5.84 Å². The molecule has 0 radical (unpaired) electrons. The minimum Gasteiger partial charge on any atom is -0.490 e. The van der Waals surface area contributed by atoms with E-state index in [1.807, 2.05) is 36.4 Å². The molecule has 28 heavy (non-hydrogen) atoms. The number of nitrogen functional groups attached to an aromatic ring is 1. The Bertz CT molecular complexity index is 1040. The Hall–Kier alpha value is -2.61. The molecule has 2 unspecified atom stereocenters. The van der Waals surface area contributed by atoms with Crippen LogP contribution in [0.2, 0.25) is 0 Å². The summed E-state index contributed by atoms with van der Waals surface area (Å²) in [6, 6.07) is 16.1. The standard InChI is InChI=1S/C21H22FN4OP/c22-20(28)12-27-16-8-9-17-18(11-23)21(13-4-6-14(25-24)7-5-13)26(19(17)10-16)15-2-1-3-15/h4-10,15,20,25H,1-3,12,24,28H2. The molecule has 0 bridgehead atoms. The molecule has 5 nitrogen and oxygen atoms in total. The second-order valence-corrected chi connectivity index (χ2v) is 7.74. The van der Waals surface area contributed by atoms with E-state index >= 15 is 0 Å². The summed E-state index contributed by atoms with van der Waals surface area (Å²) in [6.45, 7) is -0.0220. The third kappa shape index (κ3) is 3.32. The number of nitrogens with two attached hydrogens (primary N) is 1. The lowest BCUT2D eigenvalue weighted by atomic mass is 9.92. The van der Waals surface area contributed by atoms with Gasteiger partial charge in [0.2, 0.25) is 0 Å². The second-order valence-electron chi connectivity index (χ2n) is 7.02. The topological polar surface area (TPSA) is 76.0 Å². The number of anilines is 1. The Morgan fingerprint density at radius 3 is 2.61 bits per heavy atom. The number of nitrogens with zero attached hydrogens (tertiary/aromatic N) is 2. The van der Waals surface area contributed by atoms with Crippen molar-refractivity contribution in [3.05, 3.63) is 48.0 Å². The van der Waals surface area contributed by atoms with E-state index in [-0.39, 0.29) is 6.61 Å². The van der Waals surface area contributed by atoms with Crippen LogP contribution in [0.4, 0.5) is 10.1 Å². The highest BCUT2D eigenvalue weighted by molar-refractivity contribution is 7.17. The monoisotopic (exact) mass is 396 g/mol. The first-order valence-corrected chi connectivity index (χ1v) is 9.96. The zero-order valence-corrected chi connectivity index (χ0v) is 16.5. The quantitative estimate of drug-likeness (QED) is 0.358. The summed E-state index contributed by atoms with van der Waals surface area (Å²) < 4.78 is 21.0. The smallest absolute Gasteiger partial charge is 0.147 e. The average Bonchev–Trinajstić information content (AvgIpc) is 2.98. The first-order valence-electron chi connectivity index (χ1n) is 9.30. The maximum atomic E-state index is 13.2. The summed E-state index contributed by atoms with van der Waals surface area (Å²) >= 11 is 0. The normalized spacial score (nSPS) is 15.1. The van der Waals surface area contributed by atoms with Crippen molar-refractivity contribution in [1.82, 2.24) is 4.57 Å². The van der Waals surface area contributed by atoms with Crippen molar-refractivity contribution in [1.29, 1.82) is 5.26 Å². The third-order valence-electron chi connectivity index (χ3n) is 5.26. The van der Waals surface area contributed by atoms with E-state index in [2.05, 4.69) is 25.3 Å². The van der Waals surface area contributed by atoms with E-state index in [0.29, 0.717) is 17.4 Å². The van der Waals surface area contributed by atoms with Crippen LogP contribution in [-0.4, -0.2) is 17.1 Å². The number of rotatable bonds is 6. The van der Waals surface area contributed by atoms with Gasteiger partial charge >= 0.3 is 0 Å². The Balaban J connectivity index is 1.90. The second kappa shape index (κ2) is 7.79. The maximum Gasteiger partial charge on any atom is 0.147 e. The zero-order valence-electron chi connectivity index (χ0n) is 15.4. The van der Waals surface area contributed by atoms with Crippen LogP contribution in [0.15, 0.2) is 42.5 Å². The van der Waals surface area contributed by atoms with Gasteiger partial charge in [0.05, 0.1) is 16.8 Å². The van der Waals surface area contributed by atoms with Crippen molar-refractivity contribution in [2.45, 2.75) is 31.2 Å². The molecule has 1 fully saturated rings. The van der Waals surface area contributed by atoms with Gasteiger partial charge in [0, 0.05) is 23.2 Å². The van der Waals surface area contributed by atoms with E-state index in [1.165, 1.54) is 6.42 Å². The minimum atomic E-state index is -1.12. The molecule has 0 amide bonds. The molecule has 0 saturated heterocycles. The molecular formula is C21H22FN4OP. The summed E-state index contributed by atoms with van der Waals surface area (Å²) in [4.78, 5) is 0. The Morgan fingerprint density at radius 2 is 2.04 bits per heavy atom. The summed E-state index contributed by atoms with van der Waals surface area (Å²) in [6.07, 6.45) is 3.33. The number of halogens is 1. The summed E-state index contributed by atoms with van der Waals surface area (Å²) in [7, 11) is 2.09. The molecule has 2 aromatic carbocycles. The van der Waals surface area contributed by atoms with Crippen LogP contribution in [0, 0.1) is 11.3 Å². The van der Waals surface area contributed by atoms with Gasteiger partial charge < -0.3 is 14.7 Å². The Labute approximate surface area is 165 Å². The van der Waals surface area contributed by atoms with Gasteiger partial charge in [-0.05, 0) is 49.1 Å². The SMILES string of the molecule is N#Cc1c(-c2ccc(NN)cc2)n(C2CCC2)c2cc(OCC(F)P)ccc12. The molecule has 0 aliphatic heterocycles. The largest absolute Gasteiger partial charge is 0.490 e. The van der Waals surface area contributed by atoms with Crippen molar-refractivity contribution in [3.63, 3.8) is 0 Å². The molecule has 3 N–H and O–H groups in total. The van der Waals surface area contributed by atoms with Crippen molar-refractivity contribution in [3.8, 4) is 23.1 Å². The number of fused-ring (bicyclic) bond motifs is 1.